The average Bonchev–Trinajstić information content (AvgIpc) is 2.62. The van der Waals surface area contributed by atoms with Crippen molar-refractivity contribution in [1.82, 2.24) is 20.2 Å². The third kappa shape index (κ3) is 1.00. The average molecular weight is 167 g/mol. The zero-order valence-corrected chi connectivity index (χ0v) is 6.69. The molecule has 0 spiro atoms. The Kier molecular flexibility index (Phi) is 1.29. The lowest BCUT2D eigenvalue weighted by Gasteiger charge is -2.00. The first-order valence-corrected chi connectivity index (χ1v) is 3.69. The predicted octanol–water partition coefficient (Wildman–Crippen LogP) is -1.12. The molecular weight excluding hydrogens is 158 g/mol. The second-order valence-electron chi connectivity index (χ2n) is 3.09. The third-order valence-electron chi connectivity index (χ3n) is 1.95. The second-order valence-corrected chi connectivity index (χ2v) is 3.09. The molecule has 1 aliphatic carbocycles. The van der Waals surface area contributed by atoms with Crippen molar-refractivity contribution < 1.29 is 4.79 Å². The van der Waals surface area contributed by atoms with Crippen molar-refractivity contribution in [2.75, 3.05) is 0 Å². The van der Waals surface area contributed by atoms with Gasteiger partial charge in [-0.25, -0.2) is 0 Å². The number of tetrazole rings is 1. The molecular formula is C6H9N5O. The van der Waals surface area contributed by atoms with E-state index in [-0.39, 0.29) is 11.6 Å². The number of aryl methyl sites for hydroxylation is 1. The molecule has 1 aromatic rings. The number of hydrogen-bond acceptors (Lipinski definition) is 5. The molecule has 1 heterocycles. The van der Waals surface area contributed by atoms with E-state index in [4.69, 9.17) is 5.73 Å². The normalized spacial score (nSPS) is 19.2. The maximum Gasteiger partial charge on any atom is 0.242 e. The molecule has 0 aliphatic heterocycles. The number of nitrogens with two attached hydrogens (primary N) is 1. The highest BCUT2D eigenvalue weighted by molar-refractivity contribution is 6.02. The fourth-order valence-electron chi connectivity index (χ4n) is 0.959. The first-order valence-electron chi connectivity index (χ1n) is 3.69. The van der Waals surface area contributed by atoms with Gasteiger partial charge in [-0.05, 0) is 18.1 Å². The Labute approximate surface area is 68.7 Å². The molecule has 1 aromatic heterocycles. The van der Waals surface area contributed by atoms with Gasteiger partial charge in [-0.15, -0.1) is 10.2 Å². The van der Waals surface area contributed by atoms with E-state index in [2.05, 4.69) is 15.4 Å². The van der Waals surface area contributed by atoms with Crippen molar-refractivity contribution in [3.05, 3.63) is 5.82 Å². The van der Waals surface area contributed by atoms with Gasteiger partial charge in [0.25, 0.3) is 0 Å². The lowest BCUT2D eigenvalue weighted by atomic mass is 10.2. The topological polar surface area (TPSA) is 86.7 Å². The van der Waals surface area contributed by atoms with Crippen molar-refractivity contribution in [2.24, 2.45) is 12.8 Å². The molecule has 1 saturated carbocycles. The summed E-state index contributed by atoms with van der Waals surface area (Å²) in [5, 5.41) is 10.9. The SMILES string of the molecule is Cn1nnc(C(=O)C2(N)CC2)n1. The molecule has 12 heavy (non-hydrogen) atoms. The van der Waals surface area contributed by atoms with Gasteiger partial charge >= 0.3 is 0 Å². The Morgan fingerprint density at radius 2 is 2.33 bits per heavy atom. The standard InChI is InChI=1S/C6H9N5O/c1-11-9-5(8-10-11)4(12)6(7)2-3-6/h2-3,7H2,1H3. The fourth-order valence-corrected chi connectivity index (χ4v) is 0.959. The number of carbonyl (C=O) groups is 1. The molecule has 0 saturated heterocycles. The maximum absolute atomic E-state index is 11.4. The third-order valence-corrected chi connectivity index (χ3v) is 1.95. The summed E-state index contributed by atoms with van der Waals surface area (Å²) in [5.74, 6) is -0.0758. The van der Waals surface area contributed by atoms with E-state index < -0.39 is 5.54 Å². The smallest absolute Gasteiger partial charge is 0.242 e. The molecule has 0 aromatic carbocycles. The number of rotatable bonds is 2. The molecule has 1 fully saturated rings. The van der Waals surface area contributed by atoms with Crippen LogP contribution in [0.25, 0.3) is 0 Å². The van der Waals surface area contributed by atoms with E-state index in [1.807, 2.05) is 0 Å². The highest BCUT2D eigenvalue weighted by Crippen LogP contribution is 2.34. The van der Waals surface area contributed by atoms with Crippen molar-refractivity contribution in [3.8, 4) is 0 Å². The van der Waals surface area contributed by atoms with Crippen LogP contribution in [0.15, 0.2) is 0 Å². The molecule has 6 nitrogen and oxygen atoms in total. The highest BCUT2D eigenvalue weighted by atomic mass is 16.1. The van der Waals surface area contributed by atoms with Crippen LogP contribution in [0.5, 0.6) is 0 Å². The number of Topliss-reactive ketones (excluding diaryl/α,β-unsaturated/α-hetero) is 1. The lowest BCUT2D eigenvalue weighted by molar-refractivity contribution is 0.0938. The molecule has 1 aliphatic rings. The molecule has 0 radical (unpaired) electrons. The minimum atomic E-state index is -0.691. The molecule has 2 rings (SSSR count). The zero-order chi connectivity index (χ0) is 8.77. The monoisotopic (exact) mass is 167 g/mol. The predicted molar refractivity (Wildman–Crippen MR) is 39.3 cm³/mol. The van der Waals surface area contributed by atoms with Gasteiger partial charge in [0, 0.05) is 0 Å². The molecule has 0 unspecified atom stereocenters. The molecule has 0 bridgehead atoms. The van der Waals surface area contributed by atoms with Crippen LogP contribution in [0.3, 0.4) is 0 Å². The molecule has 64 valence electrons. The zero-order valence-electron chi connectivity index (χ0n) is 6.69. The summed E-state index contributed by atoms with van der Waals surface area (Å²) >= 11 is 0. The molecule has 6 heteroatoms. The van der Waals surface area contributed by atoms with Crippen LogP contribution in [0.1, 0.15) is 23.5 Å². The van der Waals surface area contributed by atoms with Crippen molar-refractivity contribution in [1.29, 1.82) is 0 Å². The summed E-state index contributed by atoms with van der Waals surface area (Å²) in [6.07, 6.45) is 1.45. The van der Waals surface area contributed by atoms with Crippen LogP contribution in [0, 0.1) is 0 Å². The Bertz CT molecular complexity index is 326. The summed E-state index contributed by atoms with van der Waals surface area (Å²) in [7, 11) is 1.61. The number of ketones is 1. The van der Waals surface area contributed by atoms with E-state index in [0.717, 1.165) is 12.8 Å². The minimum Gasteiger partial charge on any atom is -0.319 e. The summed E-state index contributed by atoms with van der Waals surface area (Å²) in [6.45, 7) is 0. The maximum atomic E-state index is 11.4. The van der Waals surface area contributed by atoms with Crippen LogP contribution in [-0.2, 0) is 7.05 Å². The van der Waals surface area contributed by atoms with Crippen LogP contribution in [0.2, 0.25) is 0 Å². The van der Waals surface area contributed by atoms with Gasteiger partial charge in [-0.1, -0.05) is 0 Å². The van der Waals surface area contributed by atoms with Crippen molar-refractivity contribution in [2.45, 2.75) is 18.4 Å². The van der Waals surface area contributed by atoms with Crippen LogP contribution in [-0.4, -0.2) is 31.5 Å². The van der Waals surface area contributed by atoms with Crippen molar-refractivity contribution in [3.63, 3.8) is 0 Å². The second kappa shape index (κ2) is 2.10. The van der Waals surface area contributed by atoms with E-state index in [9.17, 15) is 4.79 Å². The van der Waals surface area contributed by atoms with Crippen molar-refractivity contribution >= 4 is 5.78 Å². The fraction of sp³-hybridized carbons (Fsp3) is 0.667. The highest BCUT2D eigenvalue weighted by Gasteiger charge is 2.47. The number of nitrogens with zero attached hydrogens (tertiary/aromatic N) is 4. The van der Waals surface area contributed by atoms with Gasteiger partial charge in [-0.2, -0.15) is 4.80 Å². The van der Waals surface area contributed by atoms with Crippen LogP contribution >= 0.6 is 0 Å². The van der Waals surface area contributed by atoms with Crippen LogP contribution < -0.4 is 5.73 Å². The van der Waals surface area contributed by atoms with E-state index in [0.29, 0.717) is 0 Å². The molecule has 0 amide bonds. The van der Waals surface area contributed by atoms with E-state index in [1.165, 1.54) is 4.80 Å². The van der Waals surface area contributed by atoms with Gasteiger partial charge < -0.3 is 5.73 Å². The Hall–Kier alpha value is -1.30. The lowest BCUT2D eigenvalue weighted by Crippen LogP contribution is -2.33. The Balaban J connectivity index is 2.25. The van der Waals surface area contributed by atoms with Gasteiger partial charge in [0.15, 0.2) is 0 Å². The van der Waals surface area contributed by atoms with E-state index >= 15 is 0 Å². The minimum absolute atomic E-state index is 0.123. The largest absolute Gasteiger partial charge is 0.319 e. The number of hydrogen-bond donors (Lipinski definition) is 1. The van der Waals surface area contributed by atoms with Gasteiger partial charge in [0.05, 0.1) is 12.6 Å². The van der Waals surface area contributed by atoms with Crippen LogP contribution in [0.4, 0.5) is 0 Å². The molecule has 0 atom stereocenters. The number of carbonyl (C=O) groups excluding carboxylic acids is 1. The van der Waals surface area contributed by atoms with Gasteiger partial charge in [-0.3, -0.25) is 4.79 Å². The van der Waals surface area contributed by atoms with Gasteiger partial charge in [0.1, 0.15) is 0 Å². The summed E-state index contributed by atoms with van der Waals surface area (Å²) in [5.41, 5.74) is 4.97. The van der Waals surface area contributed by atoms with E-state index in [1.54, 1.807) is 7.05 Å². The summed E-state index contributed by atoms with van der Waals surface area (Å²) in [4.78, 5) is 12.7. The summed E-state index contributed by atoms with van der Waals surface area (Å²) in [6, 6.07) is 0. The first kappa shape index (κ1) is 7.35. The molecule has 2 N–H and O–H groups in total. The summed E-state index contributed by atoms with van der Waals surface area (Å²) < 4.78 is 0. The Morgan fingerprint density at radius 1 is 1.67 bits per heavy atom. The quantitative estimate of drug-likeness (QED) is 0.564. The number of aromatic nitrogens is 4. The Morgan fingerprint density at radius 3 is 2.75 bits per heavy atom. The van der Waals surface area contributed by atoms with Gasteiger partial charge in [0.2, 0.25) is 11.6 Å². The first-order chi connectivity index (χ1) is 5.62.